The number of nitrogens with zero attached hydrogens (tertiary/aromatic N) is 1. The van der Waals surface area contributed by atoms with Crippen LogP contribution in [0.4, 0.5) is 17.1 Å². The molecular formula is C30H42As3N. The predicted octanol–water partition coefficient (Wildman–Crippen LogP) is 7.38. The molecule has 0 radical (unpaired) electrons. The number of anilines is 3. The zero-order valence-corrected chi connectivity index (χ0v) is 27.6. The summed E-state index contributed by atoms with van der Waals surface area (Å²) in [5.41, 5.74) is 3.98. The van der Waals surface area contributed by atoms with Gasteiger partial charge in [0.1, 0.15) is 0 Å². The molecule has 1 nitrogen and oxygen atoms in total. The summed E-state index contributed by atoms with van der Waals surface area (Å²) in [5.74, 6) is 0. The van der Waals surface area contributed by atoms with Gasteiger partial charge >= 0.3 is 225 Å². The van der Waals surface area contributed by atoms with Crippen LogP contribution in [-0.4, -0.2) is 44.0 Å². The van der Waals surface area contributed by atoms with Crippen molar-refractivity contribution in [2.45, 2.75) is 72.8 Å². The van der Waals surface area contributed by atoms with Crippen LogP contribution in [0.15, 0.2) is 72.8 Å². The van der Waals surface area contributed by atoms with Crippen LogP contribution in [0.5, 0.6) is 0 Å². The maximum atomic E-state index is 2.55. The van der Waals surface area contributed by atoms with Gasteiger partial charge < -0.3 is 0 Å². The molecule has 0 spiro atoms. The van der Waals surface area contributed by atoms with Crippen LogP contribution in [0.1, 0.15) is 41.5 Å². The van der Waals surface area contributed by atoms with E-state index in [0.717, 1.165) is 0 Å². The molecule has 0 unspecified atom stereocenters. The SMILES string of the molecule is CC[As](CC)c1cccc(N(c2cccc([As](CC)CC)c2)c2cccc([As](CC)CC)c2)c1. The fourth-order valence-electron chi connectivity index (χ4n) is 4.70. The average molecular weight is 641 g/mol. The number of hydrogen-bond donors (Lipinski definition) is 0. The van der Waals surface area contributed by atoms with Crippen molar-refractivity contribution in [3.63, 3.8) is 0 Å². The summed E-state index contributed by atoms with van der Waals surface area (Å²) in [4.78, 5) is 2.55. The van der Waals surface area contributed by atoms with Crippen molar-refractivity contribution in [2.75, 3.05) is 4.90 Å². The Kier molecular flexibility index (Phi) is 11.4. The van der Waals surface area contributed by atoms with Crippen LogP contribution in [0, 0.1) is 0 Å². The quantitative estimate of drug-likeness (QED) is 0.187. The van der Waals surface area contributed by atoms with Gasteiger partial charge in [0.15, 0.2) is 0 Å². The first-order chi connectivity index (χ1) is 16.6. The van der Waals surface area contributed by atoms with E-state index in [1.165, 1.54) is 48.3 Å². The fourth-order valence-corrected chi connectivity index (χ4v) is 16.0. The van der Waals surface area contributed by atoms with Gasteiger partial charge in [-0.2, -0.15) is 0 Å². The molecule has 0 saturated heterocycles. The van der Waals surface area contributed by atoms with Gasteiger partial charge in [0, 0.05) is 0 Å². The Hall–Kier alpha value is -0.865. The Labute approximate surface area is 223 Å². The summed E-state index contributed by atoms with van der Waals surface area (Å²) in [7, 11) is 0. The first-order valence-electron chi connectivity index (χ1n) is 12.9. The molecule has 3 aromatic rings. The van der Waals surface area contributed by atoms with Gasteiger partial charge in [-0.05, 0) is 0 Å². The Morgan fingerprint density at radius 3 is 0.941 bits per heavy atom. The zero-order chi connectivity index (χ0) is 24.5. The molecular weight excluding hydrogens is 599 g/mol. The summed E-state index contributed by atoms with van der Waals surface area (Å²) in [6.45, 7) is 14.3. The van der Waals surface area contributed by atoms with Crippen molar-refractivity contribution in [2.24, 2.45) is 0 Å². The van der Waals surface area contributed by atoms with E-state index in [-0.39, 0.29) is 0 Å². The summed E-state index contributed by atoms with van der Waals surface area (Å²) in [5, 5.41) is 7.99. The Morgan fingerprint density at radius 2 is 0.706 bits per heavy atom. The van der Waals surface area contributed by atoms with Gasteiger partial charge in [-0.1, -0.05) is 0 Å². The van der Waals surface area contributed by atoms with Crippen molar-refractivity contribution >= 4 is 74.1 Å². The first kappa shape index (κ1) is 27.7. The molecule has 0 aliphatic rings. The van der Waals surface area contributed by atoms with Gasteiger partial charge in [-0.3, -0.25) is 0 Å². The third kappa shape index (κ3) is 6.66. The zero-order valence-electron chi connectivity index (χ0n) is 22.0. The molecule has 182 valence electrons. The molecule has 0 fully saturated rings. The van der Waals surface area contributed by atoms with E-state index in [9.17, 15) is 0 Å². The summed E-state index contributed by atoms with van der Waals surface area (Å²) >= 11 is -2.90. The molecule has 0 atom stereocenters. The second kappa shape index (κ2) is 14.0. The molecule has 3 aromatic carbocycles. The topological polar surface area (TPSA) is 3.24 Å². The second-order valence-electron chi connectivity index (χ2n) is 8.41. The van der Waals surface area contributed by atoms with E-state index in [1.807, 2.05) is 0 Å². The molecule has 0 aliphatic heterocycles. The monoisotopic (exact) mass is 641 g/mol. The van der Waals surface area contributed by atoms with Crippen LogP contribution in [0.2, 0.25) is 31.3 Å². The van der Waals surface area contributed by atoms with E-state index < -0.39 is 44.0 Å². The maximum absolute atomic E-state index is 2.55. The van der Waals surface area contributed by atoms with Crippen molar-refractivity contribution < 1.29 is 0 Å². The molecule has 0 saturated carbocycles. The van der Waals surface area contributed by atoms with Crippen molar-refractivity contribution in [1.29, 1.82) is 0 Å². The van der Waals surface area contributed by atoms with Gasteiger partial charge in [0.05, 0.1) is 0 Å². The van der Waals surface area contributed by atoms with E-state index in [2.05, 4.69) is 119 Å². The molecule has 4 heteroatoms. The van der Waals surface area contributed by atoms with Gasteiger partial charge in [-0.25, -0.2) is 0 Å². The van der Waals surface area contributed by atoms with Crippen molar-refractivity contribution in [3.8, 4) is 0 Å². The number of benzene rings is 3. The van der Waals surface area contributed by atoms with Gasteiger partial charge in [0.25, 0.3) is 0 Å². The molecule has 0 heterocycles. The summed E-state index contributed by atoms with van der Waals surface area (Å²) in [6.07, 6.45) is 0. The molecule has 3 rings (SSSR count). The Bertz CT molecular complexity index is 891. The van der Waals surface area contributed by atoms with Crippen LogP contribution < -0.4 is 18.0 Å². The van der Waals surface area contributed by atoms with E-state index in [4.69, 9.17) is 0 Å². The standard InChI is InChI=1S/C30H42As3N/c1-7-31(8-2)25-16-13-19-28(22-25)34(29-20-14-17-26(23-29)32(9-3)10-4)30-21-15-18-27(24-30)33(11-5)12-6/h13-24H,7-12H2,1-6H3. The van der Waals surface area contributed by atoms with Crippen LogP contribution >= 0.6 is 0 Å². The van der Waals surface area contributed by atoms with Crippen molar-refractivity contribution in [3.05, 3.63) is 72.8 Å². The summed E-state index contributed by atoms with van der Waals surface area (Å²) in [6, 6.07) is 28.5. The third-order valence-electron chi connectivity index (χ3n) is 6.65. The number of hydrogen-bond acceptors (Lipinski definition) is 1. The van der Waals surface area contributed by atoms with Crippen LogP contribution in [0.3, 0.4) is 0 Å². The average Bonchev–Trinajstić information content (AvgIpc) is 2.87. The van der Waals surface area contributed by atoms with E-state index >= 15 is 0 Å². The third-order valence-corrected chi connectivity index (χ3v) is 22.6. The fraction of sp³-hybridized carbons (Fsp3) is 0.400. The Morgan fingerprint density at radius 1 is 0.441 bits per heavy atom. The predicted molar refractivity (Wildman–Crippen MR) is 160 cm³/mol. The minimum atomic E-state index is -0.968. The molecule has 0 aliphatic carbocycles. The van der Waals surface area contributed by atoms with Crippen LogP contribution in [-0.2, 0) is 0 Å². The molecule has 0 amide bonds. The normalized spacial score (nSPS) is 11.6. The minimum absolute atomic E-state index is 0.968. The molecule has 34 heavy (non-hydrogen) atoms. The summed E-state index contributed by atoms with van der Waals surface area (Å²) < 4.78 is 4.82. The first-order valence-corrected chi connectivity index (χ1v) is 23.7. The van der Waals surface area contributed by atoms with E-state index in [0.29, 0.717) is 0 Å². The van der Waals surface area contributed by atoms with E-state index in [1.54, 1.807) is 13.1 Å². The van der Waals surface area contributed by atoms with Crippen molar-refractivity contribution in [1.82, 2.24) is 0 Å². The molecule has 0 aromatic heterocycles. The second-order valence-corrected chi connectivity index (χ2v) is 26.4. The Balaban J connectivity index is 2.17. The van der Waals surface area contributed by atoms with Crippen LogP contribution in [0.25, 0.3) is 0 Å². The number of rotatable bonds is 12. The van der Waals surface area contributed by atoms with Gasteiger partial charge in [-0.15, -0.1) is 0 Å². The van der Waals surface area contributed by atoms with Gasteiger partial charge in [0.2, 0.25) is 0 Å². The molecule has 0 bridgehead atoms. The molecule has 0 N–H and O–H groups in total.